The average molecular weight is 566 g/mol. The number of thiol groups is 1. The number of hydrogen-bond acceptors (Lipinski definition) is 9. The Kier molecular flexibility index (Phi) is 8.28. The fourth-order valence-corrected chi connectivity index (χ4v) is 6.91. The van der Waals surface area contributed by atoms with E-state index in [2.05, 4.69) is 12.6 Å². The highest BCUT2D eigenvalue weighted by Gasteiger charge is 2.57. The van der Waals surface area contributed by atoms with Crippen molar-refractivity contribution < 1.29 is 37.0 Å². The van der Waals surface area contributed by atoms with E-state index in [-0.39, 0.29) is 44.5 Å². The largest absolute Gasteiger partial charge is 0.497 e. The molecule has 2 aliphatic heterocycles. The number of methoxy groups -OCH3 is 2. The Morgan fingerprint density at radius 2 is 1.39 bits per heavy atom. The van der Waals surface area contributed by atoms with E-state index in [9.17, 15) is 18.0 Å². The topological polar surface area (TPSA) is 115 Å². The number of ether oxygens (including phenoxy) is 4. The Labute approximate surface area is 227 Å². The summed E-state index contributed by atoms with van der Waals surface area (Å²) in [7, 11) is -1.17. The van der Waals surface area contributed by atoms with Gasteiger partial charge in [-0.3, -0.25) is 4.90 Å². The molecule has 2 saturated heterocycles. The van der Waals surface area contributed by atoms with Crippen LogP contribution in [0.25, 0.3) is 0 Å². The molecule has 0 bridgehead atoms. The van der Waals surface area contributed by atoms with E-state index in [1.54, 1.807) is 69.7 Å². The Balaban J connectivity index is 1.43. The Hall–Kier alpha value is -3.16. The van der Waals surface area contributed by atoms with Gasteiger partial charge in [-0.25, -0.2) is 9.59 Å². The van der Waals surface area contributed by atoms with Crippen molar-refractivity contribution in [1.29, 1.82) is 0 Å². The van der Waals surface area contributed by atoms with E-state index in [4.69, 9.17) is 18.9 Å². The van der Waals surface area contributed by atoms with Gasteiger partial charge in [0.25, 0.3) is 0 Å². The van der Waals surface area contributed by atoms with Crippen molar-refractivity contribution >= 4 is 35.0 Å². The molecule has 0 radical (unpaired) electrons. The van der Waals surface area contributed by atoms with Gasteiger partial charge in [-0.1, -0.05) is 24.3 Å². The van der Waals surface area contributed by atoms with Crippen LogP contribution in [0.2, 0.25) is 0 Å². The summed E-state index contributed by atoms with van der Waals surface area (Å²) in [6, 6.07) is 13.9. The van der Waals surface area contributed by atoms with Crippen LogP contribution in [-0.4, -0.2) is 78.9 Å². The SMILES string of the molecule is COc1ccc(COC(=O)N2C[C@@H](S)C[C@]2(C)N2CCN(C(=O)OCc3ccc(OC)cc3)S2(=O)=O)cc1. The van der Waals surface area contributed by atoms with Gasteiger partial charge in [0.2, 0.25) is 0 Å². The van der Waals surface area contributed by atoms with Gasteiger partial charge in [0.15, 0.2) is 0 Å². The first-order chi connectivity index (χ1) is 18.1. The van der Waals surface area contributed by atoms with Crippen molar-refractivity contribution in [1.82, 2.24) is 13.5 Å². The van der Waals surface area contributed by atoms with Crippen LogP contribution in [0.3, 0.4) is 0 Å². The average Bonchev–Trinajstić information content (AvgIpc) is 3.41. The predicted octanol–water partition coefficient (Wildman–Crippen LogP) is 3.26. The zero-order chi connectivity index (χ0) is 27.5. The molecule has 4 rings (SSSR count). The molecular weight excluding hydrogens is 534 g/mol. The van der Waals surface area contributed by atoms with Crippen LogP contribution in [0.4, 0.5) is 9.59 Å². The number of rotatable bonds is 7. The van der Waals surface area contributed by atoms with Crippen LogP contribution in [0, 0.1) is 0 Å². The number of benzene rings is 2. The fourth-order valence-electron chi connectivity index (χ4n) is 4.63. The molecule has 2 aliphatic rings. The van der Waals surface area contributed by atoms with Crippen LogP contribution in [0.15, 0.2) is 48.5 Å². The Bertz CT molecular complexity index is 1260. The molecule has 13 heteroatoms. The number of amides is 2. The monoisotopic (exact) mass is 565 g/mol. The maximum Gasteiger partial charge on any atom is 0.424 e. The second kappa shape index (κ2) is 11.3. The predicted molar refractivity (Wildman–Crippen MR) is 141 cm³/mol. The molecule has 0 unspecified atom stereocenters. The van der Waals surface area contributed by atoms with Gasteiger partial charge < -0.3 is 18.9 Å². The summed E-state index contributed by atoms with van der Waals surface area (Å²) >= 11 is 4.52. The van der Waals surface area contributed by atoms with Crippen molar-refractivity contribution in [3.05, 3.63) is 59.7 Å². The summed E-state index contributed by atoms with van der Waals surface area (Å²) in [5.74, 6) is 1.33. The first kappa shape index (κ1) is 27.9. The number of nitrogens with zero attached hydrogens (tertiary/aromatic N) is 3. The summed E-state index contributed by atoms with van der Waals surface area (Å²) in [6.07, 6.45) is -1.39. The molecule has 0 aliphatic carbocycles. The molecule has 2 amide bonds. The van der Waals surface area contributed by atoms with E-state index in [1.807, 2.05) is 0 Å². The third-order valence-corrected chi connectivity index (χ3v) is 9.03. The minimum atomic E-state index is -4.27. The van der Waals surface area contributed by atoms with Crippen LogP contribution in [0.5, 0.6) is 11.5 Å². The zero-order valence-corrected chi connectivity index (χ0v) is 23.1. The maximum absolute atomic E-state index is 13.5. The molecule has 2 aromatic rings. The molecule has 0 N–H and O–H groups in total. The Morgan fingerprint density at radius 3 is 1.89 bits per heavy atom. The molecule has 38 heavy (non-hydrogen) atoms. The van der Waals surface area contributed by atoms with E-state index in [0.717, 1.165) is 9.87 Å². The molecule has 2 aromatic carbocycles. The summed E-state index contributed by atoms with van der Waals surface area (Å²) in [5, 5.41) is -0.278. The van der Waals surface area contributed by atoms with E-state index < -0.39 is 28.1 Å². The third-order valence-electron chi connectivity index (χ3n) is 6.66. The van der Waals surface area contributed by atoms with E-state index in [1.165, 1.54) is 4.90 Å². The van der Waals surface area contributed by atoms with Crippen molar-refractivity contribution in [2.75, 3.05) is 33.9 Å². The van der Waals surface area contributed by atoms with Crippen molar-refractivity contribution in [3.8, 4) is 11.5 Å². The molecule has 0 spiro atoms. The smallest absolute Gasteiger partial charge is 0.424 e. The zero-order valence-electron chi connectivity index (χ0n) is 21.4. The minimum Gasteiger partial charge on any atom is -0.497 e. The summed E-state index contributed by atoms with van der Waals surface area (Å²) in [4.78, 5) is 27.2. The lowest BCUT2D eigenvalue weighted by Crippen LogP contribution is -2.58. The first-order valence-corrected chi connectivity index (χ1v) is 13.9. The number of hydrogen-bond donors (Lipinski definition) is 1. The van der Waals surface area contributed by atoms with Gasteiger partial charge in [0, 0.05) is 18.3 Å². The Morgan fingerprint density at radius 1 is 0.895 bits per heavy atom. The quantitative estimate of drug-likeness (QED) is 0.509. The molecule has 0 saturated carbocycles. The first-order valence-electron chi connectivity index (χ1n) is 11.9. The molecule has 2 atom stereocenters. The van der Waals surface area contributed by atoms with Gasteiger partial charge in [-0.05, 0) is 48.7 Å². The fraction of sp³-hybridized carbons (Fsp3) is 0.440. The number of likely N-dealkylation sites (tertiary alicyclic amines) is 1. The normalized spacial score (nSPS) is 22.8. The second-order valence-corrected chi connectivity index (χ2v) is 11.7. The van der Waals surface area contributed by atoms with Gasteiger partial charge in [-0.2, -0.15) is 29.7 Å². The number of carbonyl (C=O) groups excluding carboxylic acids is 2. The van der Waals surface area contributed by atoms with Crippen molar-refractivity contribution in [2.45, 2.75) is 37.5 Å². The summed E-state index contributed by atoms with van der Waals surface area (Å²) in [5.41, 5.74) is 0.161. The van der Waals surface area contributed by atoms with Gasteiger partial charge in [-0.15, -0.1) is 0 Å². The molecule has 2 heterocycles. The second-order valence-electron chi connectivity index (χ2n) is 9.14. The van der Waals surface area contributed by atoms with Crippen LogP contribution in [-0.2, 0) is 32.9 Å². The van der Waals surface area contributed by atoms with Crippen molar-refractivity contribution in [3.63, 3.8) is 0 Å². The molecule has 206 valence electrons. The van der Waals surface area contributed by atoms with Crippen molar-refractivity contribution in [2.24, 2.45) is 0 Å². The molecule has 2 fully saturated rings. The van der Waals surface area contributed by atoms with Gasteiger partial charge in [0.1, 0.15) is 30.4 Å². The molecule has 11 nitrogen and oxygen atoms in total. The lowest BCUT2D eigenvalue weighted by molar-refractivity contribution is 0.0271. The highest BCUT2D eigenvalue weighted by Crippen LogP contribution is 2.40. The number of carbonyl (C=O) groups is 2. The summed E-state index contributed by atoms with van der Waals surface area (Å²) in [6.45, 7) is 1.62. The van der Waals surface area contributed by atoms with Gasteiger partial charge in [0.05, 0.1) is 20.8 Å². The van der Waals surface area contributed by atoms with Crippen LogP contribution in [0.1, 0.15) is 24.5 Å². The molecule has 0 aromatic heterocycles. The van der Waals surface area contributed by atoms with E-state index >= 15 is 0 Å². The third kappa shape index (κ3) is 5.64. The maximum atomic E-state index is 13.5. The lowest BCUT2D eigenvalue weighted by atomic mass is 10.1. The molecular formula is C25H31N3O8S2. The summed E-state index contributed by atoms with van der Waals surface area (Å²) < 4.78 is 49.8. The van der Waals surface area contributed by atoms with Gasteiger partial charge >= 0.3 is 22.4 Å². The standard InChI is InChI=1S/C25H31N3O8S2/c1-25(14-22(37)15-26(25)23(29)35-16-18-4-8-20(33-2)9-5-18)28-13-12-27(38(28,31)32)24(30)36-17-19-6-10-21(34-3)11-7-19/h4-11,22,37H,12-17H2,1-3H3/t22-,25-/m0/s1. The minimum absolute atomic E-state index is 0.000767. The van der Waals surface area contributed by atoms with Crippen LogP contribution >= 0.6 is 12.6 Å². The highest BCUT2D eigenvalue weighted by molar-refractivity contribution is 7.87. The highest BCUT2D eigenvalue weighted by atomic mass is 32.2. The van der Waals surface area contributed by atoms with E-state index in [0.29, 0.717) is 21.4 Å². The van der Waals surface area contributed by atoms with Crippen LogP contribution < -0.4 is 9.47 Å². The lowest BCUT2D eigenvalue weighted by Gasteiger charge is -2.40.